The average Bonchev–Trinajstić information content (AvgIpc) is 2.08. The fourth-order valence-corrected chi connectivity index (χ4v) is 4.89. The Morgan fingerprint density at radius 1 is 0.909 bits per heavy atom. The van der Waals surface area contributed by atoms with Crippen LogP contribution in [0.25, 0.3) is 0 Å². The van der Waals surface area contributed by atoms with E-state index >= 15 is 0 Å². The molecule has 0 nitrogen and oxygen atoms in total. The molecule has 0 aromatic carbocycles. The summed E-state index contributed by atoms with van der Waals surface area (Å²) in [5, 5.41) is 0. The molecule has 1 heteroatoms. The van der Waals surface area contributed by atoms with Gasteiger partial charge in [0.2, 0.25) is 0 Å². The second-order valence-electron chi connectivity index (χ2n) is 2.46. The zero-order valence-electron chi connectivity index (χ0n) is 8.16. The molecule has 0 amide bonds. The van der Waals surface area contributed by atoms with Gasteiger partial charge in [0.25, 0.3) is 0 Å². The fraction of sp³-hybridized carbons (Fsp3) is 0.800. The first-order valence-electron chi connectivity index (χ1n) is 4.62. The molecule has 0 unspecified atom stereocenters. The topological polar surface area (TPSA) is 0 Å². The van der Waals surface area contributed by atoms with Crippen LogP contribution < -0.4 is 0 Å². The standard InChI is InChI=1S/2C4H9.C2H4.Sn/c2*1-3-4-2;1-2;/h2*1,3-4H2,2H3;1-2H2;/q;;;+2. The molecule has 0 aromatic heterocycles. The van der Waals surface area contributed by atoms with Crippen LogP contribution in [0.2, 0.25) is 8.87 Å². The Morgan fingerprint density at radius 2 is 1.27 bits per heavy atom. The number of hydrogen-bond acceptors (Lipinski definition) is 0. The summed E-state index contributed by atoms with van der Waals surface area (Å²) in [5.41, 5.74) is 0. The monoisotopic (exact) mass is 262 g/mol. The van der Waals surface area contributed by atoms with E-state index in [1.807, 2.05) is 0 Å². The molecule has 0 heterocycles. The van der Waals surface area contributed by atoms with Gasteiger partial charge in [-0.15, -0.1) is 13.2 Å². The SMILES string of the molecule is C=C.CCC[CH2][Sn+2][CH2]CCC. The maximum absolute atomic E-state index is 3.00. The van der Waals surface area contributed by atoms with E-state index in [0.717, 1.165) is 0 Å². The molecule has 0 aliphatic heterocycles. The zero-order chi connectivity index (χ0) is 8.95. The van der Waals surface area contributed by atoms with Gasteiger partial charge in [-0.2, -0.15) is 0 Å². The maximum atomic E-state index is 3.00. The van der Waals surface area contributed by atoms with E-state index < -0.39 is 0 Å². The zero-order valence-corrected chi connectivity index (χ0v) is 11.0. The summed E-state index contributed by atoms with van der Waals surface area (Å²) < 4.78 is 3.25. The van der Waals surface area contributed by atoms with Crippen LogP contribution in [-0.4, -0.2) is 21.1 Å². The fourth-order valence-electron chi connectivity index (χ4n) is 0.729. The average molecular weight is 261 g/mol. The van der Waals surface area contributed by atoms with Crippen molar-refractivity contribution in [2.75, 3.05) is 0 Å². The summed E-state index contributed by atoms with van der Waals surface area (Å²) in [6.07, 6.45) is 5.84. The molecular weight excluding hydrogens is 239 g/mol. The normalized spacial score (nSPS) is 7.82. The van der Waals surface area contributed by atoms with Crippen LogP contribution in [0, 0.1) is 0 Å². The summed E-state index contributed by atoms with van der Waals surface area (Å²) in [6, 6.07) is 0. The molecule has 0 rings (SSSR count). The first-order valence-corrected chi connectivity index (χ1v) is 8.66. The van der Waals surface area contributed by atoms with Crippen LogP contribution in [0.15, 0.2) is 13.2 Å². The molecule has 0 aromatic rings. The molecule has 0 N–H and O–H groups in total. The number of rotatable bonds is 6. The van der Waals surface area contributed by atoms with Gasteiger partial charge in [-0.05, 0) is 0 Å². The summed E-state index contributed by atoms with van der Waals surface area (Å²) in [6.45, 7) is 10.6. The van der Waals surface area contributed by atoms with Crippen molar-refractivity contribution >= 4 is 21.1 Å². The molecule has 0 aliphatic carbocycles. The Bertz CT molecular complexity index is 46.8. The quantitative estimate of drug-likeness (QED) is 0.386. The van der Waals surface area contributed by atoms with Crippen LogP contribution in [-0.2, 0) is 0 Å². The van der Waals surface area contributed by atoms with Crippen molar-refractivity contribution < 1.29 is 0 Å². The van der Waals surface area contributed by atoms with Crippen LogP contribution in [0.5, 0.6) is 0 Å². The Kier molecular flexibility index (Phi) is 21.6. The van der Waals surface area contributed by atoms with Gasteiger partial charge in [-0.3, -0.25) is 0 Å². The van der Waals surface area contributed by atoms with Crippen LogP contribution >= 0.6 is 0 Å². The third-order valence-corrected chi connectivity index (χ3v) is 5.45. The Balaban J connectivity index is 0. The van der Waals surface area contributed by atoms with Gasteiger partial charge in [0.1, 0.15) is 0 Å². The molecule has 0 atom stereocenters. The van der Waals surface area contributed by atoms with E-state index in [4.69, 9.17) is 0 Å². The van der Waals surface area contributed by atoms with Crippen molar-refractivity contribution in [1.29, 1.82) is 0 Å². The van der Waals surface area contributed by atoms with Gasteiger partial charge < -0.3 is 0 Å². The van der Waals surface area contributed by atoms with Crippen LogP contribution in [0.1, 0.15) is 39.5 Å². The second-order valence-corrected chi connectivity index (χ2v) is 6.74. The van der Waals surface area contributed by atoms with E-state index in [9.17, 15) is 0 Å². The van der Waals surface area contributed by atoms with E-state index in [0.29, 0.717) is 0 Å². The van der Waals surface area contributed by atoms with Crippen molar-refractivity contribution in [3.05, 3.63) is 13.2 Å². The molecule has 0 aliphatic rings. The first kappa shape index (κ1) is 14.1. The van der Waals surface area contributed by atoms with E-state index in [2.05, 4.69) is 27.0 Å². The number of hydrogen-bond donors (Lipinski definition) is 0. The minimum absolute atomic E-state index is 0.149. The minimum atomic E-state index is 0.149. The Hall–Kier alpha value is 0.539. The predicted molar refractivity (Wildman–Crippen MR) is 56.4 cm³/mol. The van der Waals surface area contributed by atoms with E-state index in [1.54, 1.807) is 8.87 Å². The predicted octanol–water partition coefficient (Wildman–Crippen LogP) is 3.93. The van der Waals surface area contributed by atoms with Crippen molar-refractivity contribution in [2.24, 2.45) is 0 Å². The van der Waals surface area contributed by atoms with Crippen LogP contribution in [0.4, 0.5) is 0 Å². The summed E-state index contributed by atoms with van der Waals surface area (Å²) >= 11 is 0.149. The third-order valence-electron chi connectivity index (χ3n) is 1.41. The van der Waals surface area contributed by atoms with Gasteiger partial charge in [0, 0.05) is 0 Å². The molecule has 0 spiro atoms. The van der Waals surface area contributed by atoms with Crippen molar-refractivity contribution in [3.63, 3.8) is 0 Å². The van der Waals surface area contributed by atoms with E-state index in [1.165, 1.54) is 25.7 Å². The molecule has 0 saturated carbocycles. The Labute approximate surface area is 82.7 Å². The molecule has 0 radical (unpaired) electrons. The summed E-state index contributed by atoms with van der Waals surface area (Å²) in [4.78, 5) is 0. The van der Waals surface area contributed by atoms with Crippen molar-refractivity contribution in [2.45, 2.75) is 48.4 Å². The van der Waals surface area contributed by atoms with Gasteiger partial charge >= 0.3 is 69.5 Å². The van der Waals surface area contributed by atoms with Crippen LogP contribution in [0.3, 0.4) is 0 Å². The van der Waals surface area contributed by atoms with Gasteiger partial charge in [0.15, 0.2) is 0 Å². The van der Waals surface area contributed by atoms with Crippen molar-refractivity contribution in [3.8, 4) is 0 Å². The van der Waals surface area contributed by atoms with E-state index in [-0.39, 0.29) is 21.1 Å². The molecule has 11 heavy (non-hydrogen) atoms. The molecule has 0 saturated heterocycles. The second kappa shape index (κ2) is 16.9. The molecular formula is C10H22Sn+2. The molecule has 64 valence electrons. The third kappa shape index (κ3) is 18.0. The van der Waals surface area contributed by atoms with Gasteiger partial charge in [-0.25, -0.2) is 0 Å². The first-order chi connectivity index (χ1) is 5.41. The molecule has 0 fully saturated rings. The number of unbranched alkanes of at least 4 members (excludes halogenated alkanes) is 2. The Morgan fingerprint density at radius 3 is 1.55 bits per heavy atom. The summed E-state index contributed by atoms with van der Waals surface area (Å²) in [5.74, 6) is 0. The molecule has 0 bridgehead atoms. The van der Waals surface area contributed by atoms with Gasteiger partial charge in [0.05, 0.1) is 0 Å². The van der Waals surface area contributed by atoms with Crippen molar-refractivity contribution in [1.82, 2.24) is 0 Å². The summed E-state index contributed by atoms with van der Waals surface area (Å²) in [7, 11) is 0. The van der Waals surface area contributed by atoms with Gasteiger partial charge in [-0.1, -0.05) is 0 Å².